The first kappa shape index (κ1) is 47.9. The number of rotatable bonds is 24. The van der Waals surface area contributed by atoms with E-state index in [0.29, 0.717) is 36.7 Å². The summed E-state index contributed by atoms with van der Waals surface area (Å²) in [7, 11) is 3.91. The molecule has 3 N–H and O–H groups in total. The Kier molecular flexibility index (Phi) is 17.3. The number of likely N-dealkylation sites (tertiary alicyclic amines) is 2. The van der Waals surface area contributed by atoms with E-state index in [-0.39, 0.29) is 84.9 Å². The Balaban J connectivity index is 0.892. The summed E-state index contributed by atoms with van der Waals surface area (Å²) in [5.41, 5.74) is 3.28. The Morgan fingerprint density at radius 1 is 0.554 bits per heavy atom. The molecule has 0 aromatic heterocycles. The topological polar surface area (TPSA) is 131 Å². The zero-order valence-electron chi connectivity index (χ0n) is 39.2. The second-order valence-electron chi connectivity index (χ2n) is 19.7. The van der Waals surface area contributed by atoms with Crippen molar-refractivity contribution >= 4 is 29.5 Å². The summed E-state index contributed by atoms with van der Waals surface area (Å²) in [5.74, 6) is -1.27. The lowest BCUT2D eigenvalue weighted by molar-refractivity contribution is -0.127. The number of nitrogens with one attached hydrogen (secondary N) is 3. The minimum Gasteiger partial charge on any atom is -0.356 e. The van der Waals surface area contributed by atoms with Crippen molar-refractivity contribution in [2.75, 3.05) is 46.8 Å². The number of likely N-dealkylation sites (N-methyl/N-ethyl adjacent to an activating group) is 1. The van der Waals surface area contributed by atoms with Crippen LogP contribution in [0, 0.1) is 17.8 Å². The van der Waals surface area contributed by atoms with Crippen molar-refractivity contribution in [2.24, 2.45) is 17.8 Å². The maximum Gasteiger partial charge on any atom is 0.253 e. The highest BCUT2D eigenvalue weighted by molar-refractivity contribution is 5.99. The van der Waals surface area contributed by atoms with Gasteiger partial charge in [0.2, 0.25) is 17.7 Å². The fourth-order valence-electron chi connectivity index (χ4n) is 10.3. The van der Waals surface area contributed by atoms with Gasteiger partial charge in [-0.2, -0.15) is 0 Å². The van der Waals surface area contributed by atoms with Crippen molar-refractivity contribution in [1.29, 1.82) is 0 Å². The van der Waals surface area contributed by atoms with Crippen LogP contribution in [0.15, 0.2) is 84.9 Å². The Morgan fingerprint density at radius 2 is 1.03 bits per heavy atom. The summed E-state index contributed by atoms with van der Waals surface area (Å²) in [6.07, 6.45) is 17.2. The SMILES string of the molecule is CCCCCCCCCCCCCCNC(=O)[C@@H]1CN(C(=O)c2ccc(C(=O)N3CC(CC(=O)N[C@H]4C[C@@H]4c4ccccc4)[C@H](C(=O)N[C@H]4C[C@@H]4c4ccccc4)C3)cc2)C[C@H]1N(C)C. The Morgan fingerprint density at radius 3 is 1.55 bits per heavy atom. The van der Waals surface area contributed by atoms with Crippen LogP contribution in [0.1, 0.15) is 147 Å². The van der Waals surface area contributed by atoms with Gasteiger partial charge in [-0.05, 0) is 74.7 Å². The monoisotopic (exact) mass is 887 g/mol. The van der Waals surface area contributed by atoms with Gasteiger partial charge < -0.3 is 30.7 Å². The van der Waals surface area contributed by atoms with Gasteiger partial charge in [0.05, 0.1) is 11.8 Å². The van der Waals surface area contributed by atoms with E-state index in [1.54, 1.807) is 34.1 Å². The summed E-state index contributed by atoms with van der Waals surface area (Å²) in [5, 5.41) is 9.60. The zero-order valence-corrected chi connectivity index (χ0v) is 39.2. The number of benzene rings is 3. The van der Waals surface area contributed by atoms with E-state index in [1.807, 2.05) is 55.4 Å². The number of nitrogens with zero attached hydrogens (tertiary/aromatic N) is 3. The molecule has 8 atom stereocenters. The quantitative estimate of drug-likeness (QED) is 0.0784. The molecule has 0 radical (unpaired) electrons. The van der Waals surface area contributed by atoms with Gasteiger partial charge in [-0.1, -0.05) is 138 Å². The van der Waals surface area contributed by atoms with Crippen molar-refractivity contribution in [2.45, 2.75) is 133 Å². The van der Waals surface area contributed by atoms with Crippen LogP contribution >= 0.6 is 0 Å². The minimum atomic E-state index is -0.527. The molecule has 65 heavy (non-hydrogen) atoms. The van der Waals surface area contributed by atoms with Gasteiger partial charge in [0.25, 0.3) is 11.8 Å². The fourth-order valence-corrected chi connectivity index (χ4v) is 10.3. The van der Waals surface area contributed by atoms with Crippen molar-refractivity contribution in [3.05, 3.63) is 107 Å². The molecule has 2 heterocycles. The van der Waals surface area contributed by atoms with Crippen LogP contribution in [0.3, 0.4) is 0 Å². The number of unbranched alkanes of at least 4 members (excludes halogenated alkanes) is 11. The summed E-state index contributed by atoms with van der Waals surface area (Å²) >= 11 is 0. The van der Waals surface area contributed by atoms with Gasteiger partial charge in [-0.3, -0.25) is 24.0 Å². The van der Waals surface area contributed by atoms with Crippen molar-refractivity contribution in [3.63, 3.8) is 0 Å². The second kappa shape index (κ2) is 23.4. The molecular formula is C54H74N6O5. The summed E-state index contributed by atoms with van der Waals surface area (Å²) in [6.45, 7) is 4.18. The standard InChI is InChI=1S/C54H74N6O5/c1-4-5-6-7-8-9-10-11-12-13-14-21-30-55-51(62)46-36-60(37-49(46)58(2)3)54(65)41-28-26-40(27-29-41)53(64)59-34-42(31-50(61)56-47-32-43(47)38-22-17-15-18-23-38)45(35-59)52(63)57-48-33-44(48)39-24-19-16-20-25-39/h15-20,22-29,42-49H,4-14,21,30-37H2,1-3H3,(H,55,62)(H,56,61)(H,57,63)/t42?,43-,44-,45-,46-,47+,48+,49-/m1/s1. The van der Waals surface area contributed by atoms with Crippen LogP contribution in [0.5, 0.6) is 0 Å². The lowest BCUT2D eigenvalue weighted by Crippen LogP contribution is -2.43. The minimum absolute atomic E-state index is 0.00605. The third kappa shape index (κ3) is 13.3. The maximum absolute atomic E-state index is 14.1. The molecule has 2 saturated carbocycles. The normalized spacial score (nSPS) is 24.5. The molecule has 11 heteroatoms. The zero-order chi connectivity index (χ0) is 45.7. The van der Waals surface area contributed by atoms with Crippen molar-refractivity contribution < 1.29 is 24.0 Å². The average molecular weight is 887 g/mol. The number of carbonyl (C=O) groups excluding carboxylic acids is 5. The van der Waals surface area contributed by atoms with Gasteiger partial charge in [0.15, 0.2) is 0 Å². The van der Waals surface area contributed by atoms with Gasteiger partial charge in [0, 0.05) is 80.2 Å². The van der Waals surface area contributed by atoms with E-state index in [9.17, 15) is 24.0 Å². The van der Waals surface area contributed by atoms with Crippen molar-refractivity contribution in [3.8, 4) is 0 Å². The lowest BCUT2D eigenvalue weighted by Gasteiger charge is -2.24. The second-order valence-corrected chi connectivity index (χ2v) is 19.7. The fraction of sp³-hybridized carbons (Fsp3) is 0.574. The molecule has 11 nitrogen and oxygen atoms in total. The van der Waals surface area contributed by atoms with E-state index in [2.05, 4.69) is 47.1 Å². The van der Waals surface area contributed by atoms with Gasteiger partial charge in [-0.15, -0.1) is 0 Å². The largest absolute Gasteiger partial charge is 0.356 e. The molecule has 7 rings (SSSR count). The van der Waals surface area contributed by atoms with E-state index in [1.165, 1.54) is 75.3 Å². The summed E-state index contributed by atoms with van der Waals surface area (Å²) in [6, 6.07) is 27.1. The molecule has 0 bridgehead atoms. The number of carbonyl (C=O) groups is 5. The molecule has 2 aliphatic heterocycles. The molecule has 5 amide bonds. The third-order valence-corrected chi connectivity index (χ3v) is 14.5. The van der Waals surface area contributed by atoms with E-state index in [0.717, 1.165) is 25.7 Å². The molecule has 2 saturated heterocycles. The van der Waals surface area contributed by atoms with E-state index in [4.69, 9.17) is 0 Å². The number of hydrogen-bond donors (Lipinski definition) is 3. The molecule has 1 unspecified atom stereocenters. The molecule has 3 aromatic carbocycles. The van der Waals surface area contributed by atoms with Crippen LogP contribution in [0.2, 0.25) is 0 Å². The van der Waals surface area contributed by atoms with Crippen LogP contribution in [0.25, 0.3) is 0 Å². The van der Waals surface area contributed by atoms with Crippen molar-refractivity contribution in [1.82, 2.24) is 30.7 Å². The Bertz CT molecular complexity index is 2030. The number of amides is 5. The highest BCUT2D eigenvalue weighted by Crippen LogP contribution is 2.42. The lowest BCUT2D eigenvalue weighted by atomic mass is 9.91. The van der Waals surface area contributed by atoms with Crippen LogP contribution in [0.4, 0.5) is 0 Å². The summed E-state index contributed by atoms with van der Waals surface area (Å²) in [4.78, 5) is 74.2. The highest BCUT2D eigenvalue weighted by Gasteiger charge is 2.46. The van der Waals surface area contributed by atoms with Gasteiger partial charge in [-0.25, -0.2) is 0 Å². The van der Waals surface area contributed by atoms with Crippen LogP contribution < -0.4 is 16.0 Å². The maximum atomic E-state index is 14.1. The molecule has 2 aliphatic carbocycles. The Hall–Kier alpha value is -5.03. The smallest absolute Gasteiger partial charge is 0.253 e. The summed E-state index contributed by atoms with van der Waals surface area (Å²) < 4.78 is 0. The molecule has 4 aliphatic rings. The molecule has 4 fully saturated rings. The predicted octanol–water partition coefficient (Wildman–Crippen LogP) is 7.93. The first-order valence-electron chi connectivity index (χ1n) is 24.9. The van der Waals surface area contributed by atoms with Crippen LogP contribution in [-0.4, -0.2) is 109 Å². The molecule has 3 aromatic rings. The first-order chi connectivity index (χ1) is 31.6. The van der Waals surface area contributed by atoms with Gasteiger partial charge >= 0.3 is 0 Å². The first-order valence-corrected chi connectivity index (χ1v) is 24.9. The van der Waals surface area contributed by atoms with Crippen LogP contribution in [-0.2, 0) is 14.4 Å². The Labute approximate surface area is 387 Å². The third-order valence-electron chi connectivity index (χ3n) is 14.5. The number of hydrogen-bond acceptors (Lipinski definition) is 6. The van der Waals surface area contributed by atoms with E-state index < -0.39 is 5.92 Å². The molecular weight excluding hydrogens is 813 g/mol. The average Bonchev–Trinajstić information content (AvgIpc) is 4.17. The molecule has 0 spiro atoms. The highest BCUT2D eigenvalue weighted by atomic mass is 16.2. The van der Waals surface area contributed by atoms with E-state index >= 15 is 0 Å². The molecule has 350 valence electrons. The predicted molar refractivity (Wildman–Crippen MR) is 256 cm³/mol. The van der Waals surface area contributed by atoms with Gasteiger partial charge in [0.1, 0.15) is 0 Å².